The summed E-state index contributed by atoms with van der Waals surface area (Å²) in [6.45, 7) is 0. The van der Waals surface area contributed by atoms with Crippen molar-refractivity contribution in [1.82, 2.24) is 0 Å². The quantitative estimate of drug-likeness (QED) is 0.454. The van der Waals surface area contributed by atoms with Crippen molar-refractivity contribution in [3.63, 3.8) is 0 Å². The maximum Gasteiger partial charge on any atom is 0.0677 e. The van der Waals surface area contributed by atoms with Crippen molar-refractivity contribution >= 4 is 21.5 Å². The predicted molar refractivity (Wildman–Crippen MR) is 113 cm³/mol. The molecule has 0 saturated heterocycles. The summed E-state index contributed by atoms with van der Waals surface area (Å²) in [6, 6.07) is 30.3. The summed E-state index contributed by atoms with van der Waals surface area (Å²) in [5, 5.41) is 16.4. The molecule has 134 valence electrons. The first-order valence-corrected chi connectivity index (χ1v) is 9.95. The average Bonchev–Trinajstić information content (AvgIpc) is 2.74. The lowest BCUT2D eigenvalue weighted by molar-refractivity contribution is 0.0653. The molecule has 0 radical (unpaired) electrons. The Bertz CT molecular complexity index is 1020. The first-order valence-electron chi connectivity index (χ1n) is 9.95. The van der Waals surface area contributed by atoms with Gasteiger partial charge in [-0.25, -0.2) is 0 Å². The highest BCUT2D eigenvalue weighted by molar-refractivity contribution is 5.91. The molecule has 4 aromatic rings. The minimum absolute atomic E-state index is 0.361. The van der Waals surface area contributed by atoms with Gasteiger partial charge in [-0.15, -0.1) is 0 Å². The van der Waals surface area contributed by atoms with Crippen molar-refractivity contribution in [2.24, 2.45) is 0 Å². The molecule has 0 aromatic heterocycles. The second kappa shape index (κ2) is 6.51. The molecule has 27 heavy (non-hydrogen) atoms. The summed E-state index contributed by atoms with van der Waals surface area (Å²) in [6.07, 6.45) is 3.70. The van der Waals surface area contributed by atoms with Crippen LogP contribution in [0.4, 0.5) is 0 Å². The second-order valence-electron chi connectivity index (χ2n) is 7.79. The fraction of sp³-hybridized carbons (Fsp3) is 0.231. The molecule has 1 N–H and O–H groups in total. The van der Waals surface area contributed by atoms with Gasteiger partial charge in [0, 0.05) is 5.41 Å². The summed E-state index contributed by atoms with van der Waals surface area (Å²) in [4.78, 5) is 0. The molecule has 1 aliphatic carbocycles. The van der Waals surface area contributed by atoms with E-state index < -0.39 is 0 Å². The monoisotopic (exact) mass is 352 g/mol. The van der Waals surface area contributed by atoms with Crippen LogP contribution in [-0.2, 0) is 5.41 Å². The van der Waals surface area contributed by atoms with Crippen LogP contribution in [0.2, 0.25) is 0 Å². The maximum atomic E-state index is 11.4. The fourth-order valence-corrected chi connectivity index (χ4v) is 5.16. The molecule has 1 saturated carbocycles. The van der Waals surface area contributed by atoms with E-state index in [1.807, 2.05) is 0 Å². The average molecular weight is 352 g/mol. The van der Waals surface area contributed by atoms with Crippen molar-refractivity contribution in [3.05, 3.63) is 96.1 Å². The third-order valence-corrected chi connectivity index (χ3v) is 6.41. The van der Waals surface area contributed by atoms with E-state index in [1.165, 1.54) is 32.7 Å². The van der Waals surface area contributed by atoms with Crippen molar-refractivity contribution in [2.75, 3.05) is 0 Å². The van der Waals surface area contributed by atoms with E-state index in [-0.39, 0.29) is 11.5 Å². The number of fused-ring (bicyclic) bond motifs is 2. The summed E-state index contributed by atoms with van der Waals surface area (Å²) in [5.41, 5.74) is 2.17. The van der Waals surface area contributed by atoms with Crippen molar-refractivity contribution < 1.29 is 5.11 Å². The van der Waals surface area contributed by atoms with Gasteiger partial charge in [0.2, 0.25) is 0 Å². The zero-order valence-corrected chi connectivity index (χ0v) is 15.4. The molecular formula is C26H24O. The maximum absolute atomic E-state index is 11.4. The molecule has 1 aliphatic rings. The predicted octanol–water partition coefficient (Wildman–Crippen LogP) is 6.21. The Hall–Kier alpha value is -2.64. The van der Waals surface area contributed by atoms with Gasteiger partial charge in [0.1, 0.15) is 0 Å². The lowest BCUT2D eigenvalue weighted by atomic mass is 9.61. The Morgan fingerprint density at radius 3 is 1.70 bits per heavy atom. The number of rotatable bonds is 2. The highest BCUT2D eigenvalue weighted by Crippen LogP contribution is 2.49. The third kappa shape index (κ3) is 2.49. The lowest BCUT2D eigenvalue weighted by Crippen LogP contribution is -2.43. The Labute approximate surface area is 160 Å². The topological polar surface area (TPSA) is 20.2 Å². The zero-order chi connectivity index (χ0) is 18.3. The van der Waals surface area contributed by atoms with Gasteiger partial charge in [-0.3, -0.25) is 0 Å². The van der Waals surface area contributed by atoms with E-state index in [2.05, 4.69) is 84.9 Å². The Morgan fingerprint density at radius 2 is 1.15 bits per heavy atom. The minimum atomic E-state index is -0.372. The molecule has 1 nitrogen and oxygen atoms in total. The van der Waals surface area contributed by atoms with E-state index in [4.69, 9.17) is 0 Å². The van der Waals surface area contributed by atoms with Gasteiger partial charge in [-0.05, 0) is 45.5 Å². The molecule has 1 unspecified atom stereocenters. The van der Waals surface area contributed by atoms with Gasteiger partial charge in [-0.1, -0.05) is 97.8 Å². The number of hydrogen-bond donors (Lipinski definition) is 1. The molecule has 0 heterocycles. The standard InChI is InChI=1S/C26H24O/c27-25-17-5-6-18-26(25,23-15-7-11-19-9-1-3-13-21(19)23)24-16-8-12-20-10-2-4-14-22(20)24/h1-4,7-16,25,27H,5-6,17-18H2. The van der Waals surface area contributed by atoms with Crippen LogP contribution in [0.1, 0.15) is 36.8 Å². The third-order valence-electron chi connectivity index (χ3n) is 6.41. The van der Waals surface area contributed by atoms with Gasteiger partial charge in [-0.2, -0.15) is 0 Å². The minimum Gasteiger partial charge on any atom is -0.392 e. The zero-order valence-electron chi connectivity index (χ0n) is 15.4. The van der Waals surface area contributed by atoms with Crippen molar-refractivity contribution in [2.45, 2.75) is 37.2 Å². The summed E-state index contributed by atoms with van der Waals surface area (Å²) in [5.74, 6) is 0. The van der Waals surface area contributed by atoms with Gasteiger partial charge in [0.25, 0.3) is 0 Å². The molecule has 4 aromatic carbocycles. The van der Waals surface area contributed by atoms with Crippen LogP contribution >= 0.6 is 0 Å². The highest BCUT2D eigenvalue weighted by atomic mass is 16.3. The molecule has 0 aliphatic heterocycles. The van der Waals surface area contributed by atoms with Gasteiger partial charge < -0.3 is 5.11 Å². The number of hydrogen-bond acceptors (Lipinski definition) is 1. The summed E-state index contributed by atoms with van der Waals surface area (Å²) < 4.78 is 0. The van der Waals surface area contributed by atoms with Crippen LogP contribution < -0.4 is 0 Å². The molecule has 5 rings (SSSR count). The molecule has 0 amide bonds. The second-order valence-corrected chi connectivity index (χ2v) is 7.79. The number of benzene rings is 4. The Kier molecular flexibility index (Phi) is 3.98. The molecular weight excluding hydrogens is 328 g/mol. The lowest BCUT2D eigenvalue weighted by Gasteiger charge is -2.44. The van der Waals surface area contributed by atoms with Crippen molar-refractivity contribution in [3.8, 4) is 0 Å². The fourth-order valence-electron chi connectivity index (χ4n) is 5.16. The summed E-state index contributed by atoms with van der Waals surface area (Å²) in [7, 11) is 0. The van der Waals surface area contributed by atoms with Crippen molar-refractivity contribution in [1.29, 1.82) is 0 Å². The highest BCUT2D eigenvalue weighted by Gasteiger charge is 2.44. The largest absolute Gasteiger partial charge is 0.392 e. The van der Waals surface area contributed by atoms with Crippen LogP contribution in [-0.4, -0.2) is 11.2 Å². The van der Waals surface area contributed by atoms with E-state index in [1.54, 1.807) is 0 Å². The number of aliphatic hydroxyl groups is 1. The molecule has 1 atom stereocenters. The van der Waals surface area contributed by atoms with Gasteiger partial charge in [0.15, 0.2) is 0 Å². The van der Waals surface area contributed by atoms with Crippen LogP contribution in [0.25, 0.3) is 21.5 Å². The smallest absolute Gasteiger partial charge is 0.0677 e. The first kappa shape index (κ1) is 16.5. The Balaban J connectivity index is 1.88. The SMILES string of the molecule is OC1CCCCC1(c1cccc2ccccc12)c1cccc2ccccc12. The summed E-state index contributed by atoms with van der Waals surface area (Å²) >= 11 is 0. The van der Waals surface area contributed by atoms with Gasteiger partial charge in [0.05, 0.1) is 6.10 Å². The molecule has 1 fully saturated rings. The van der Waals surface area contributed by atoms with E-state index in [0.29, 0.717) is 0 Å². The van der Waals surface area contributed by atoms with E-state index in [9.17, 15) is 5.11 Å². The first-order chi connectivity index (χ1) is 13.3. The molecule has 0 spiro atoms. The molecule has 0 bridgehead atoms. The van der Waals surface area contributed by atoms with Crippen LogP contribution in [0, 0.1) is 0 Å². The van der Waals surface area contributed by atoms with Gasteiger partial charge >= 0.3 is 0 Å². The van der Waals surface area contributed by atoms with Crippen LogP contribution in [0.5, 0.6) is 0 Å². The van der Waals surface area contributed by atoms with E-state index in [0.717, 1.165) is 25.7 Å². The van der Waals surface area contributed by atoms with E-state index >= 15 is 0 Å². The molecule has 1 heteroatoms. The number of aliphatic hydroxyl groups excluding tert-OH is 1. The normalized spacial score (nSPS) is 19.4. The Morgan fingerprint density at radius 1 is 0.630 bits per heavy atom. The van der Waals surface area contributed by atoms with Crippen LogP contribution in [0.3, 0.4) is 0 Å². The van der Waals surface area contributed by atoms with Crippen LogP contribution in [0.15, 0.2) is 84.9 Å².